The van der Waals surface area contributed by atoms with Crippen LogP contribution in [0, 0.1) is 4.77 Å². The van der Waals surface area contributed by atoms with Crippen molar-refractivity contribution in [1.82, 2.24) is 9.55 Å². The molecular formula is C13H24N2OS. The van der Waals surface area contributed by atoms with Crippen LogP contribution in [0.1, 0.15) is 46.2 Å². The Balaban J connectivity index is 2.58. The van der Waals surface area contributed by atoms with Crippen molar-refractivity contribution in [3.05, 3.63) is 16.7 Å². The van der Waals surface area contributed by atoms with E-state index in [1.54, 1.807) is 0 Å². The molecule has 0 fully saturated rings. The van der Waals surface area contributed by atoms with Crippen molar-refractivity contribution in [1.29, 1.82) is 0 Å². The molecule has 0 unspecified atom stereocenters. The Hall–Kier alpha value is -0.610. The molecule has 0 amide bonds. The zero-order valence-electron chi connectivity index (χ0n) is 11.4. The molecule has 0 radical (unpaired) electrons. The van der Waals surface area contributed by atoms with Crippen molar-refractivity contribution in [2.75, 3.05) is 13.2 Å². The van der Waals surface area contributed by atoms with Gasteiger partial charge in [-0.3, -0.25) is 0 Å². The molecule has 0 saturated heterocycles. The summed E-state index contributed by atoms with van der Waals surface area (Å²) >= 11 is 5.31. The number of H-pyrrole nitrogens is 1. The summed E-state index contributed by atoms with van der Waals surface area (Å²) in [5.41, 5.74) is 1.38. The second kappa shape index (κ2) is 6.36. The standard InChI is InChI=1S/C13H24N2OS/c1-5-8-16-9-6-7-15-11(13(2,3)4)10-14-12(15)17/h10H,5-9H2,1-4H3,(H,14,17). The topological polar surface area (TPSA) is 29.9 Å². The quantitative estimate of drug-likeness (QED) is 0.622. The van der Waals surface area contributed by atoms with Crippen molar-refractivity contribution in [3.63, 3.8) is 0 Å². The number of aromatic nitrogens is 2. The van der Waals surface area contributed by atoms with E-state index < -0.39 is 0 Å². The number of imidazole rings is 1. The molecule has 0 aromatic carbocycles. The van der Waals surface area contributed by atoms with Gasteiger partial charge >= 0.3 is 0 Å². The summed E-state index contributed by atoms with van der Waals surface area (Å²) in [4.78, 5) is 3.13. The molecule has 0 aliphatic rings. The Morgan fingerprint density at radius 2 is 2.06 bits per heavy atom. The summed E-state index contributed by atoms with van der Waals surface area (Å²) in [5.74, 6) is 0. The Kier molecular flexibility index (Phi) is 5.40. The van der Waals surface area contributed by atoms with Gasteiger partial charge in [0.15, 0.2) is 4.77 Å². The normalized spacial score (nSPS) is 12.0. The first-order valence-corrected chi connectivity index (χ1v) is 6.74. The van der Waals surface area contributed by atoms with Gasteiger partial charge in [0.2, 0.25) is 0 Å². The third-order valence-corrected chi connectivity index (χ3v) is 2.99. The number of nitrogens with zero attached hydrogens (tertiary/aromatic N) is 1. The van der Waals surface area contributed by atoms with Crippen LogP contribution in [-0.2, 0) is 16.7 Å². The maximum atomic E-state index is 5.49. The summed E-state index contributed by atoms with van der Waals surface area (Å²) in [6, 6.07) is 0. The monoisotopic (exact) mass is 256 g/mol. The Morgan fingerprint density at radius 3 is 2.65 bits per heavy atom. The van der Waals surface area contributed by atoms with Crippen LogP contribution in [0.3, 0.4) is 0 Å². The van der Waals surface area contributed by atoms with E-state index in [0.29, 0.717) is 0 Å². The highest BCUT2D eigenvalue weighted by Gasteiger charge is 2.18. The third-order valence-electron chi connectivity index (χ3n) is 2.66. The molecule has 17 heavy (non-hydrogen) atoms. The number of aromatic amines is 1. The first-order chi connectivity index (χ1) is 7.96. The minimum Gasteiger partial charge on any atom is -0.381 e. The van der Waals surface area contributed by atoms with Gasteiger partial charge in [-0.05, 0) is 25.1 Å². The molecule has 0 bridgehead atoms. The van der Waals surface area contributed by atoms with Crippen LogP contribution in [-0.4, -0.2) is 22.8 Å². The van der Waals surface area contributed by atoms with E-state index in [-0.39, 0.29) is 5.41 Å². The fraction of sp³-hybridized carbons (Fsp3) is 0.769. The molecule has 98 valence electrons. The molecule has 3 nitrogen and oxygen atoms in total. The maximum absolute atomic E-state index is 5.49. The van der Waals surface area contributed by atoms with Gasteiger partial charge in [0.1, 0.15) is 0 Å². The van der Waals surface area contributed by atoms with E-state index in [9.17, 15) is 0 Å². The van der Waals surface area contributed by atoms with Crippen LogP contribution in [0.4, 0.5) is 0 Å². The number of ether oxygens (including phenoxy) is 1. The lowest BCUT2D eigenvalue weighted by molar-refractivity contribution is 0.129. The first kappa shape index (κ1) is 14.5. The van der Waals surface area contributed by atoms with E-state index in [2.05, 4.69) is 37.2 Å². The van der Waals surface area contributed by atoms with Gasteiger partial charge in [-0.15, -0.1) is 0 Å². The first-order valence-electron chi connectivity index (χ1n) is 6.33. The van der Waals surface area contributed by atoms with Crippen molar-refractivity contribution < 1.29 is 4.74 Å². The summed E-state index contributed by atoms with van der Waals surface area (Å²) in [6.07, 6.45) is 4.11. The van der Waals surface area contributed by atoms with Crippen LogP contribution >= 0.6 is 12.2 Å². The molecule has 1 N–H and O–H groups in total. The predicted octanol–water partition coefficient (Wildman–Crippen LogP) is 3.66. The Morgan fingerprint density at radius 1 is 1.35 bits per heavy atom. The van der Waals surface area contributed by atoms with Gasteiger partial charge in [0.05, 0.1) is 0 Å². The highest BCUT2D eigenvalue weighted by atomic mass is 32.1. The lowest BCUT2D eigenvalue weighted by Crippen LogP contribution is -2.18. The van der Waals surface area contributed by atoms with Crippen molar-refractivity contribution in [2.45, 2.75) is 52.5 Å². The summed E-state index contributed by atoms with van der Waals surface area (Å²) < 4.78 is 8.48. The smallest absolute Gasteiger partial charge is 0.177 e. The maximum Gasteiger partial charge on any atom is 0.177 e. The lowest BCUT2D eigenvalue weighted by atomic mass is 9.92. The molecule has 4 heteroatoms. The second-order valence-corrected chi connectivity index (χ2v) is 5.73. The zero-order chi connectivity index (χ0) is 12.9. The van der Waals surface area contributed by atoms with E-state index in [1.165, 1.54) is 5.69 Å². The van der Waals surface area contributed by atoms with Gasteiger partial charge in [0.25, 0.3) is 0 Å². The average Bonchev–Trinajstić information content (AvgIpc) is 2.59. The highest BCUT2D eigenvalue weighted by Crippen LogP contribution is 2.22. The molecule has 0 saturated carbocycles. The molecule has 0 atom stereocenters. The van der Waals surface area contributed by atoms with Gasteiger partial charge in [-0.25, -0.2) is 0 Å². The van der Waals surface area contributed by atoms with E-state index in [0.717, 1.165) is 37.4 Å². The van der Waals surface area contributed by atoms with E-state index in [4.69, 9.17) is 17.0 Å². The summed E-state index contributed by atoms with van der Waals surface area (Å²) in [5, 5.41) is 0. The number of hydrogen-bond acceptors (Lipinski definition) is 2. The number of rotatable bonds is 6. The fourth-order valence-corrected chi connectivity index (χ4v) is 2.06. The molecule has 0 aliphatic heterocycles. The molecule has 1 heterocycles. The SMILES string of the molecule is CCCOCCCn1c(C(C)(C)C)c[nH]c1=S. The van der Waals surface area contributed by atoms with Gasteiger partial charge < -0.3 is 14.3 Å². The van der Waals surface area contributed by atoms with Gasteiger partial charge in [0, 0.05) is 37.1 Å². The van der Waals surface area contributed by atoms with E-state index >= 15 is 0 Å². The molecule has 1 aromatic heterocycles. The third kappa shape index (κ3) is 4.28. The van der Waals surface area contributed by atoms with Crippen LogP contribution in [0.2, 0.25) is 0 Å². The van der Waals surface area contributed by atoms with Crippen molar-refractivity contribution >= 4 is 12.2 Å². The number of nitrogens with one attached hydrogen (secondary N) is 1. The Labute approximate surface area is 109 Å². The fourth-order valence-electron chi connectivity index (χ4n) is 1.81. The largest absolute Gasteiger partial charge is 0.381 e. The Bertz CT molecular complexity index is 387. The predicted molar refractivity (Wildman–Crippen MR) is 74.0 cm³/mol. The second-order valence-electron chi connectivity index (χ2n) is 5.35. The average molecular weight is 256 g/mol. The summed E-state index contributed by atoms with van der Waals surface area (Å²) in [7, 11) is 0. The van der Waals surface area contributed by atoms with Crippen LogP contribution < -0.4 is 0 Å². The minimum atomic E-state index is 0.123. The highest BCUT2D eigenvalue weighted by molar-refractivity contribution is 7.71. The van der Waals surface area contributed by atoms with Crippen LogP contribution in [0.5, 0.6) is 0 Å². The van der Waals surface area contributed by atoms with Gasteiger partial charge in [-0.1, -0.05) is 27.7 Å². The zero-order valence-corrected chi connectivity index (χ0v) is 12.2. The molecule has 1 aromatic rings. The van der Waals surface area contributed by atoms with Crippen molar-refractivity contribution in [2.24, 2.45) is 0 Å². The summed E-state index contributed by atoms with van der Waals surface area (Å²) in [6.45, 7) is 11.3. The van der Waals surface area contributed by atoms with E-state index in [1.807, 2.05) is 6.20 Å². The van der Waals surface area contributed by atoms with Crippen molar-refractivity contribution in [3.8, 4) is 0 Å². The van der Waals surface area contributed by atoms with Gasteiger partial charge in [-0.2, -0.15) is 0 Å². The minimum absolute atomic E-state index is 0.123. The number of hydrogen-bond donors (Lipinski definition) is 1. The van der Waals surface area contributed by atoms with Crippen LogP contribution in [0.15, 0.2) is 6.20 Å². The molecule has 0 aliphatic carbocycles. The van der Waals surface area contributed by atoms with Crippen LogP contribution in [0.25, 0.3) is 0 Å². The molecule has 1 rings (SSSR count). The molecule has 0 spiro atoms. The lowest BCUT2D eigenvalue weighted by Gasteiger charge is -2.20. The molecular weight excluding hydrogens is 232 g/mol.